The third-order valence-electron chi connectivity index (χ3n) is 9.75. The Labute approximate surface area is 255 Å². The Morgan fingerprint density at radius 1 is 0.952 bits per heavy atom. The van der Waals surface area contributed by atoms with E-state index in [1.54, 1.807) is 7.11 Å². The summed E-state index contributed by atoms with van der Waals surface area (Å²) >= 11 is 6.34. The summed E-state index contributed by atoms with van der Waals surface area (Å²) in [6, 6.07) is 14.3. The standard InChI is InChI=1S/C34H45ClN4O3/c1-3-42-31-23-28(41-2)14-15-29(31)33-36-30(22-24-8-4-5-9-24)32(25-10-12-26(35)13-11-25)39(33)34(40)38-20-16-27(17-21-38)37-18-6-7-19-37/h10-15,23-24,27,30,32H,3-9,16-22H2,1-2H3/t30-,32+/m1/s1. The maximum Gasteiger partial charge on any atom is 0.326 e. The number of ether oxygens (including phenoxy) is 2. The number of amides is 2. The molecule has 6 rings (SSSR count). The summed E-state index contributed by atoms with van der Waals surface area (Å²) in [6.45, 7) is 6.42. The van der Waals surface area contributed by atoms with Crippen molar-refractivity contribution < 1.29 is 14.3 Å². The molecule has 2 atom stereocenters. The van der Waals surface area contributed by atoms with Crippen LogP contribution in [0.25, 0.3) is 0 Å². The molecule has 2 aromatic rings. The van der Waals surface area contributed by atoms with Crippen LogP contribution in [0.5, 0.6) is 11.5 Å². The second kappa shape index (κ2) is 13.3. The van der Waals surface area contributed by atoms with Crippen LogP contribution in [-0.4, -0.2) is 78.5 Å². The van der Waals surface area contributed by atoms with Gasteiger partial charge in [0.05, 0.1) is 31.4 Å². The topological polar surface area (TPSA) is 57.6 Å². The van der Waals surface area contributed by atoms with Crippen LogP contribution in [0, 0.1) is 5.92 Å². The molecule has 226 valence electrons. The number of aliphatic imine (C=N–C) groups is 1. The minimum Gasteiger partial charge on any atom is -0.497 e. The average Bonchev–Trinajstić information content (AvgIpc) is 3.80. The lowest BCUT2D eigenvalue weighted by Crippen LogP contribution is -2.52. The second-order valence-electron chi connectivity index (χ2n) is 12.3. The summed E-state index contributed by atoms with van der Waals surface area (Å²) in [5.41, 5.74) is 1.92. The fraction of sp³-hybridized carbons (Fsp3) is 0.588. The molecule has 2 saturated heterocycles. The highest BCUT2D eigenvalue weighted by Crippen LogP contribution is 2.43. The van der Waals surface area contributed by atoms with Crippen LogP contribution in [0.2, 0.25) is 5.02 Å². The van der Waals surface area contributed by atoms with Gasteiger partial charge in [0, 0.05) is 30.2 Å². The van der Waals surface area contributed by atoms with Crippen LogP contribution < -0.4 is 9.47 Å². The molecule has 0 radical (unpaired) electrons. The molecular weight excluding hydrogens is 548 g/mol. The second-order valence-corrected chi connectivity index (χ2v) is 12.7. The van der Waals surface area contributed by atoms with Gasteiger partial charge in [-0.15, -0.1) is 0 Å². The van der Waals surface area contributed by atoms with Gasteiger partial charge in [0.15, 0.2) is 0 Å². The number of carbonyl (C=O) groups excluding carboxylic acids is 1. The van der Waals surface area contributed by atoms with Gasteiger partial charge in [-0.3, -0.25) is 9.89 Å². The molecule has 7 nitrogen and oxygen atoms in total. The Morgan fingerprint density at radius 3 is 2.33 bits per heavy atom. The summed E-state index contributed by atoms with van der Waals surface area (Å²) in [7, 11) is 1.66. The Bertz CT molecular complexity index is 1250. The van der Waals surface area contributed by atoms with Gasteiger partial charge in [0.1, 0.15) is 17.3 Å². The van der Waals surface area contributed by atoms with Gasteiger partial charge in [0.2, 0.25) is 0 Å². The number of carbonyl (C=O) groups is 1. The molecule has 4 aliphatic rings. The van der Waals surface area contributed by atoms with Gasteiger partial charge in [0.25, 0.3) is 0 Å². The number of nitrogens with zero attached hydrogens (tertiary/aromatic N) is 4. The largest absolute Gasteiger partial charge is 0.497 e. The van der Waals surface area contributed by atoms with Crippen molar-refractivity contribution in [3.8, 4) is 11.5 Å². The van der Waals surface area contributed by atoms with Crippen LogP contribution in [0.4, 0.5) is 4.79 Å². The summed E-state index contributed by atoms with van der Waals surface area (Å²) < 4.78 is 11.7. The van der Waals surface area contributed by atoms with Gasteiger partial charge < -0.3 is 19.3 Å². The van der Waals surface area contributed by atoms with Crippen molar-refractivity contribution in [1.82, 2.24) is 14.7 Å². The number of hydrogen-bond donors (Lipinski definition) is 0. The molecule has 1 aliphatic carbocycles. The van der Waals surface area contributed by atoms with Gasteiger partial charge in [-0.25, -0.2) is 4.79 Å². The molecule has 42 heavy (non-hydrogen) atoms. The molecule has 8 heteroatoms. The summed E-state index contributed by atoms with van der Waals surface area (Å²) in [6.07, 6.45) is 10.6. The number of rotatable bonds is 8. The molecule has 3 heterocycles. The number of amidine groups is 1. The number of urea groups is 1. The molecule has 3 aliphatic heterocycles. The van der Waals surface area contributed by atoms with E-state index in [0.29, 0.717) is 35.2 Å². The van der Waals surface area contributed by atoms with E-state index in [4.69, 9.17) is 26.1 Å². The monoisotopic (exact) mass is 592 g/mol. The van der Waals surface area contributed by atoms with Crippen molar-refractivity contribution in [3.05, 3.63) is 58.6 Å². The Morgan fingerprint density at radius 2 is 1.67 bits per heavy atom. The highest BCUT2D eigenvalue weighted by molar-refractivity contribution is 6.30. The van der Waals surface area contributed by atoms with Gasteiger partial charge in [-0.2, -0.15) is 0 Å². The fourth-order valence-electron chi connectivity index (χ4n) is 7.57. The third-order valence-corrected chi connectivity index (χ3v) is 10.00. The Kier molecular flexibility index (Phi) is 9.25. The molecular formula is C34H45ClN4O3. The SMILES string of the molecule is CCOc1cc(OC)ccc1C1=N[C@H](CC2CCCC2)[C@H](c2ccc(Cl)cc2)N1C(=O)N1CCC(N2CCCC2)CC1. The maximum atomic E-state index is 14.7. The third kappa shape index (κ3) is 6.14. The zero-order valence-corrected chi connectivity index (χ0v) is 25.9. The minimum absolute atomic E-state index is 0.0352. The molecule has 2 aromatic carbocycles. The van der Waals surface area contributed by atoms with E-state index in [0.717, 1.165) is 49.2 Å². The number of halogens is 1. The predicted molar refractivity (Wildman–Crippen MR) is 168 cm³/mol. The molecule has 0 unspecified atom stereocenters. The molecule has 0 N–H and O–H groups in total. The first-order chi connectivity index (χ1) is 20.6. The van der Waals surface area contributed by atoms with Crippen molar-refractivity contribution in [2.75, 3.05) is 39.9 Å². The van der Waals surface area contributed by atoms with E-state index in [1.165, 1.54) is 51.6 Å². The number of hydrogen-bond acceptors (Lipinski definition) is 5. The number of methoxy groups -OCH3 is 1. The smallest absolute Gasteiger partial charge is 0.326 e. The number of likely N-dealkylation sites (tertiary alicyclic amines) is 2. The van der Waals surface area contributed by atoms with Crippen molar-refractivity contribution in [1.29, 1.82) is 0 Å². The lowest BCUT2D eigenvalue weighted by molar-refractivity contribution is 0.116. The van der Waals surface area contributed by atoms with Crippen LogP contribution >= 0.6 is 11.6 Å². The normalized spacial score (nSPS) is 23.9. The fourth-order valence-corrected chi connectivity index (χ4v) is 7.70. The highest BCUT2D eigenvalue weighted by atomic mass is 35.5. The van der Waals surface area contributed by atoms with E-state index in [-0.39, 0.29) is 18.1 Å². The lowest BCUT2D eigenvalue weighted by atomic mass is 9.90. The molecule has 1 saturated carbocycles. The molecule has 0 aromatic heterocycles. The van der Waals surface area contributed by atoms with E-state index >= 15 is 0 Å². The average molecular weight is 593 g/mol. The van der Waals surface area contributed by atoms with Crippen LogP contribution in [0.1, 0.15) is 81.9 Å². The van der Waals surface area contributed by atoms with Crippen molar-refractivity contribution in [2.24, 2.45) is 10.9 Å². The number of benzene rings is 2. The van der Waals surface area contributed by atoms with Crippen LogP contribution in [0.3, 0.4) is 0 Å². The van der Waals surface area contributed by atoms with E-state index in [9.17, 15) is 4.79 Å². The first-order valence-corrected chi connectivity index (χ1v) is 16.4. The summed E-state index contributed by atoms with van der Waals surface area (Å²) in [5.74, 6) is 2.75. The van der Waals surface area contributed by atoms with Gasteiger partial charge in [-0.1, -0.05) is 49.4 Å². The zero-order chi connectivity index (χ0) is 29.1. The summed E-state index contributed by atoms with van der Waals surface area (Å²) in [5, 5.41) is 0.695. The zero-order valence-electron chi connectivity index (χ0n) is 25.1. The molecule has 0 spiro atoms. The predicted octanol–water partition coefficient (Wildman–Crippen LogP) is 7.18. The Hall–Kier alpha value is -2.77. The van der Waals surface area contributed by atoms with Gasteiger partial charge in [-0.05, 0) is 87.9 Å². The molecule has 2 amide bonds. The van der Waals surface area contributed by atoms with Crippen molar-refractivity contribution in [2.45, 2.75) is 82.8 Å². The van der Waals surface area contributed by atoms with Crippen molar-refractivity contribution >= 4 is 23.5 Å². The maximum absolute atomic E-state index is 14.7. The minimum atomic E-state index is -0.196. The van der Waals surface area contributed by atoms with E-state index < -0.39 is 0 Å². The first-order valence-electron chi connectivity index (χ1n) is 16.0. The highest BCUT2D eigenvalue weighted by Gasteiger charge is 2.45. The number of piperidine rings is 1. The van der Waals surface area contributed by atoms with Crippen molar-refractivity contribution in [3.63, 3.8) is 0 Å². The Balaban J connectivity index is 1.37. The van der Waals surface area contributed by atoms with E-state index in [1.807, 2.05) is 42.2 Å². The van der Waals surface area contributed by atoms with E-state index in [2.05, 4.69) is 21.9 Å². The lowest BCUT2D eigenvalue weighted by Gasteiger charge is -2.40. The molecule has 0 bridgehead atoms. The quantitative estimate of drug-likeness (QED) is 0.326. The van der Waals surface area contributed by atoms with Crippen LogP contribution in [0.15, 0.2) is 47.5 Å². The summed E-state index contributed by atoms with van der Waals surface area (Å²) in [4.78, 5) is 26.8. The molecule has 3 fully saturated rings. The van der Waals surface area contributed by atoms with Crippen LogP contribution in [-0.2, 0) is 0 Å². The van der Waals surface area contributed by atoms with Gasteiger partial charge >= 0.3 is 6.03 Å². The first kappa shape index (κ1) is 29.3.